The summed E-state index contributed by atoms with van der Waals surface area (Å²) in [7, 11) is 1.59. The van der Waals surface area contributed by atoms with Crippen molar-refractivity contribution in [3.63, 3.8) is 0 Å². The van der Waals surface area contributed by atoms with Gasteiger partial charge in [0.25, 0.3) is 0 Å². The molecular formula is C15H18N2O3. The van der Waals surface area contributed by atoms with Gasteiger partial charge in [-0.3, -0.25) is 0 Å². The lowest BCUT2D eigenvalue weighted by atomic mass is 10.2. The summed E-state index contributed by atoms with van der Waals surface area (Å²) in [4.78, 5) is 11.7. The van der Waals surface area contributed by atoms with Crippen LogP contribution in [0.25, 0.3) is 0 Å². The molecule has 5 nitrogen and oxygen atoms in total. The molecule has 0 spiro atoms. The first-order valence-electron chi connectivity index (χ1n) is 6.49. The van der Waals surface area contributed by atoms with Gasteiger partial charge in [0.2, 0.25) is 0 Å². The van der Waals surface area contributed by atoms with Crippen molar-refractivity contribution in [1.82, 2.24) is 5.32 Å². The van der Waals surface area contributed by atoms with Crippen LogP contribution in [0.3, 0.4) is 0 Å². The van der Waals surface area contributed by atoms with Gasteiger partial charge in [0.15, 0.2) is 0 Å². The normalized spacial score (nSPS) is 10.1. The summed E-state index contributed by atoms with van der Waals surface area (Å²) in [6.07, 6.45) is 3.30. The molecule has 1 aromatic carbocycles. The van der Waals surface area contributed by atoms with Crippen molar-refractivity contribution < 1.29 is 13.9 Å². The van der Waals surface area contributed by atoms with E-state index in [2.05, 4.69) is 10.6 Å². The molecule has 0 saturated heterocycles. The zero-order valence-electron chi connectivity index (χ0n) is 11.4. The van der Waals surface area contributed by atoms with Gasteiger partial charge in [0, 0.05) is 24.7 Å². The van der Waals surface area contributed by atoms with Crippen molar-refractivity contribution >= 4 is 11.7 Å². The number of benzene rings is 1. The number of amides is 2. The average molecular weight is 274 g/mol. The number of urea groups is 1. The second kappa shape index (κ2) is 7.23. The van der Waals surface area contributed by atoms with Crippen molar-refractivity contribution in [2.24, 2.45) is 0 Å². The fraction of sp³-hybridized carbons (Fsp3) is 0.267. The van der Waals surface area contributed by atoms with Crippen molar-refractivity contribution in [3.05, 3.63) is 48.4 Å². The highest BCUT2D eigenvalue weighted by Crippen LogP contribution is 2.16. The molecule has 0 aliphatic carbocycles. The number of furan rings is 1. The summed E-state index contributed by atoms with van der Waals surface area (Å²) < 4.78 is 10.3. The van der Waals surface area contributed by atoms with Gasteiger partial charge in [-0.15, -0.1) is 0 Å². The monoisotopic (exact) mass is 274 g/mol. The van der Waals surface area contributed by atoms with Crippen molar-refractivity contribution in [2.45, 2.75) is 12.8 Å². The molecule has 2 rings (SSSR count). The Balaban J connectivity index is 1.69. The summed E-state index contributed by atoms with van der Waals surface area (Å²) in [6.45, 7) is 0.594. The zero-order chi connectivity index (χ0) is 14.2. The average Bonchev–Trinajstić information content (AvgIpc) is 2.97. The van der Waals surface area contributed by atoms with Crippen molar-refractivity contribution in [2.75, 3.05) is 19.0 Å². The predicted octanol–water partition coefficient (Wildman–Crippen LogP) is 3.04. The van der Waals surface area contributed by atoms with E-state index in [1.807, 2.05) is 30.3 Å². The Bertz CT molecular complexity index is 538. The van der Waals surface area contributed by atoms with E-state index in [4.69, 9.17) is 9.15 Å². The van der Waals surface area contributed by atoms with Crippen LogP contribution in [-0.2, 0) is 6.42 Å². The van der Waals surface area contributed by atoms with Crippen LogP contribution in [0.4, 0.5) is 10.5 Å². The molecule has 0 bridgehead atoms. The van der Waals surface area contributed by atoms with E-state index in [9.17, 15) is 4.79 Å². The first-order chi connectivity index (χ1) is 9.78. The zero-order valence-corrected chi connectivity index (χ0v) is 11.4. The molecule has 0 radical (unpaired) electrons. The van der Waals surface area contributed by atoms with E-state index >= 15 is 0 Å². The minimum absolute atomic E-state index is 0.224. The Morgan fingerprint density at radius 2 is 2.20 bits per heavy atom. The summed E-state index contributed by atoms with van der Waals surface area (Å²) in [5.74, 6) is 1.64. The summed E-state index contributed by atoms with van der Waals surface area (Å²) in [5.41, 5.74) is 0.702. The van der Waals surface area contributed by atoms with E-state index in [0.29, 0.717) is 18.0 Å². The third-order valence-corrected chi connectivity index (χ3v) is 2.79. The van der Waals surface area contributed by atoms with Crippen LogP contribution in [0.2, 0.25) is 0 Å². The van der Waals surface area contributed by atoms with Gasteiger partial charge in [-0.05, 0) is 30.7 Å². The summed E-state index contributed by atoms with van der Waals surface area (Å²) in [6, 6.07) is 10.8. The Hall–Kier alpha value is -2.43. The molecule has 0 saturated carbocycles. The van der Waals surface area contributed by atoms with Gasteiger partial charge in [-0.25, -0.2) is 4.79 Å². The standard InChI is InChI=1S/C15H18N2O3/c1-19-14-6-2-5-12(11-14)17-15(18)16-9-3-7-13-8-4-10-20-13/h2,4-6,8,10-11H,3,7,9H2,1H3,(H2,16,17,18). The number of ether oxygens (including phenoxy) is 1. The maximum atomic E-state index is 11.7. The fourth-order valence-electron chi connectivity index (χ4n) is 1.80. The highest BCUT2D eigenvalue weighted by molar-refractivity contribution is 5.89. The molecule has 0 aliphatic heterocycles. The van der Waals surface area contributed by atoms with Crippen LogP contribution in [-0.4, -0.2) is 19.7 Å². The molecular weight excluding hydrogens is 256 g/mol. The smallest absolute Gasteiger partial charge is 0.319 e. The number of hydrogen-bond acceptors (Lipinski definition) is 3. The molecule has 2 N–H and O–H groups in total. The van der Waals surface area contributed by atoms with E-state index < -0.39 is 0 Å². The third kappa shape index (κ3) is 4.35. The van der Waals surface area contributed by atoms with Crippen LogP contribution in [0.15, 0.2) is 47.1 Å². The predicted molar refractivity (Wildman–Crippen MR) is 77.0 cm³/mol. The van der Waals surface area contributed by atoms with Gasteiger partial charge in [-0.1, -0.05) is 6.07 Å². The molecule has 2 amide bonds. The van der Waals surface area contributed by atoms with Crippen LogP contribution in [0, 0.1) is 0 Å². The molecule has 20 heavy (non-hydrogen) atoms. The van der Waals surface area contributed by atoms with Crippen molar-refractivity contribution in [1.29, 1.82) is 0 Å². The number of carbonyl (C=O) groups excluding carboxylic acids is 1. The number of carbonyl (C=O) groups is 1. The second-order valence-corrected chi connectivity index (χ2v) is 4.30. The van der Waals surface area contributed by atoms with Gasteiger partial charge in [0.05, 0.1) is 13.4 Å². The second-order valence-electron chi connectivity index (χ2n) is 4.30. The number of methoxy groups -OCH3 is 1. The third-order valence-electron chi connectivity index (χ3n) is 2.79. The molecule has 0 unspecified atom stereocenters. The molecule has 1 aromatic heterocycles. The maximum Gasteiger partial charge on any atom is 0.319 e. The van der Waals surface area contributed by atoms with E-state index in [-0.39, 0.29) is 6.03 Å². The first-order valence-corrected chi connectivity index (χ1v) is 6.49. The van der Waals surface area contributed by atoms with Crippen molar-refractivity contribution in [3.8, 4) is 5.75 Å². The van der Waals surface area contributed by atoms with Crippen LogP contribution >= 0.6 is 0 Å². The molecule has 1 heterocycles. The van der Waals surface area contributed by atoms with Gasteiger partial charge < -0.3 is 19.8 Å². The van der Waals surface area contributed by atoms with E-state index in [1.165, 1.54) is 0 Å². The Morgan fingerprint density at radius 3 is 2.95 bits per heavy atom. The molecule has 0 aliphatic rings. The lowest BCUT2D eigenvalue weighted by Gasteiger charge is -2.08. The lowest BCUT2D eigenvalue weighted by Crippen LogP contribution is -2.29. The molecule has 106 valence electrons. The molecule has 0 fully saturated rings. The molecule has 0 atom stereocenters. The highest BCUT2D eigenvalue weighted by atomic mass is 16.5. The Morgan fingerprint density at radius 1 is 1.30 bits per heavy atom. The van der Waals surface area contributed by atoms with Gasteiger partial charge >= 0.3 is 6.03 Å². The molecule has 2 aromatic rings. The first kappa shape index (κ1) is 14.0. The number of anilines is 1. The molecule has 5 heteroatoms. The number of hydrogen-bond donors (Lipinski definition) is 2. The van der Waals surface area contributed by atoms with E-state index in [0.717, 1.165) is 18.6 Å². The summed E-state index contributed by atoms with van der Waals surface area (Å²) >= 11 is 0. The quantitative estimate of drug-likeness (QED) is 0.796. The number of nitrogens with one attached hydrogen (secondary N) is 2. The van der Waals surface area contributed by atoms with Crippen LogP contribution < -0.4 is 15.4 Å². The van der Waals surface area contributed by atoms with E-state index in [1.54, 1.807) is 19.4 Å². The number of aryl methyl sites for hydroxylation is 1. The Labute approximate surface area is 117 Å². The minimum Gasteiger partial charge on any atom is -0.497 e. The largest absolute Gasteiger partial charge is 0.497 e. The SMILES string of the molecule is COc1cccc(NC(=O)NCCCc2ccco2)c1. The maximum absolute atomic E-state index is 11.7. The van der Waals surface area contributed by atoms with Crippen LogP contribution in [0.1, 0.15) is 12.2 Å². The number of rotatable bonds is 6. The minimum atomic E-state index is -0.224. The lowest BCUT2D eigenvalue weighted by molar-refractivity contribution is 0.252. The van der Waals surface area contributed by atoms with Crippen LogP contribution in [0.5, 0.6) is 5.75 Å². The summed E-state index contributed by atoms with van der Waals surface area (Å²) in [5, 5.41) is 5.56. The fourth-order valence-corrected chi connectivity index (χ4v) is 1.80. The topological polar surface area (TPSA) is 63.5 Å². The Kier molecular flexibility index (Phi) is 5.06. The highest BCUT2D eigenvalue weighted by Gasteiger charge is 2.02. The van der Waals surface area contributed by atoms with Gasteiger partial charge in [0.1, 0.15) is 11.5 Å². The van der Waals surface area contributed by atoms with Gasteiger partial charge in [-0.2, -0.15) is 0 Å².